The minimum Gasteiger partial charge on any atom is -0.458 e. The van der Waals surface area contributed by atoms with Crippen molar-refractivity contribution in [3.63, 3.8) is 0 Å². The molecule has 19 nitrogen and oxygen atoms in total. The first-order valence-electron chi connectivity index (χ1n) is 11.5. The van der Waals surface area contributed by atoms with Gasteiger partial charge < -0.3 is 30.4 Å². The van der Waals surface area contributed by atoms with Gasteiger partial charge in [-0.15, -0.1) is 45.9 Å². The Morgan fingerprint density at radius 1 is 0.977 bits per heavy atom. The molecular weight excluding hydrogens is 695 g/mol. The van der Waals surface area contributed by atoms with Gasteiger partial charge >= 0.3 is 16.3 Å². The molecular formula is C20H20Cl2N8O11S3. The van der Waals surface area contributed by atoms with Crippen LogP contribution in [-0.4, -0.2) is 113 Å². The molecule has 3 rings (SSSR count). The van der Waals surface area contributed by atoms with Gasteiger partial charge in [-0.05, 0) is 0 Å². The van der Waals surface area contributed by atoms with Crippen LogP contribution in [0.2, 0.25) is 0 Å². The third-order valence-corrected chi connectivity index (χ3v) is 8.04. The van der Waals surface area contributed by atoms with Crippen LogP contribution in [0.5, 0.6) is 0 Å². The summed E-state index contributed by atoms with van der Waals surface area (Å²) >= 11 is 12.7. The lowest BCUT2D eigenvalue weighted by Crippen LogP contribution is -2.73. The molecule has 1 aliphatic rings. The van der Waals surface area contributed by atoms with E-state index in [2.05, 4.69) is 45.9 Å². The monoisotopic (exact) mass is 714 g/mol. The number of esters is 1. The molecule has 1 saturated heterocycles. The number of rotatable bonds is 14. The van der Waals surface area contributed by atoms with Crippen LogP contribution >= 0.6 is 45.9 Å². The first-order chi connectivity index (χ1) is 20.8. The number of nitrogens with zero attached hydrogens (tertiary/aromatic N) is 5. The molecule has 1 aliphatic heterocycles. The molecule has 1 fully saturated rings. The standard InChI is InChI=1S/C20H20Cl2N8O11S3/c1-39-28-13(8-6-42-19(23-8)25-11(31)3-21)16(33)27-15-10(30(17(15)34)44(36,37)38)5-41-18(35)14(29-40-2)9-7-43-20(24-9)26-12(32)4-22/h6-7,10,15H,3-5H2,1-2H3,(H,27,33)(H,23,25,31)(H,24,26,32)(H,36,37,38)/b28-13-,29-14-. The predicted molar refractivity (Wildman–Crippen MR) is 155 cm³/mol. The van der Waals surface area contributed by atoms with Crippen LogP contribution < -0.4 is 16.0 Å². The van der Waals surface area contributed by atoms with Crippen molar-refractivity contribution in [3.05, 3.63) is 22.1 Å². The fourth-order valence-electron chi connectivity index (χ4n) is 3.32. The third kappa shape index (κ3) is 8.35. The van der Waals surface area contributed by atoms with Crippen LogP contribution in [-0.2, 0) is 48.7 Å². The molecule has 0 spiro atoms. The van der Waals surface area contributed by atoms with Crippen LogP contribution in [0.3, 0.4) is 0 Å². The first-order valence-corrected chi connectivity index (χ1v) is 15.7. The Labute approximate surface area is 265 Å². The fourth-order valence-corrected chi connectivity index (χ4v) is 5.75. The van der Waals surface area contributed by atoms with Gasteiger partial charge in [-0.2, -0.15) is 8.42 Å². The first kappa shape index (κ1) is 34.5. The molecule has 0 bridgehead atoms. The average Bonchev–Trinajstić information content (AvgIpc) is 3.63. The summed E-state index contributed by atoms with van der Waals surface area (Å²) in [4.78, 5) is 78.9. The number of hydrogen-bond donors (Lipinski definition) is 4. The molecule has 2 aromatic heterocycles. The van der Waals surface area contributed by atoms with E-state index >= 15 is 0 Å². The van der Waals surface area contributed by atoms with E-state index in [1.807, 2.05) is 0 Å². The maximum atomic E-state index is 13.1. The zero-order chi connectivity index (χ0) is 32.6. The SMILES string of the molecule is CO/N=C(\C(=O)NC1C(=O)N(S(=O)(=O)O)C1COC(=O)/C(=N\OC)c1csc(NC(=O)CCl)n1)c1csc(NC(=O)CCl)n1. The minimum absolute atomic E-state index is 0.00320. The lowest BCUT2D eigenvalue weighted by atomic mass is 9.99. The van der Waals surface area contributed by atoms with Gasteiger partial charge in [-0.25, -0.2) is 19.1 Å². The Morgan fingerprint density at radius 2 is 1.48 bits per heavy atom. The van der Waals surface area contributed by atoms with Crippen molar-refractivity contribution in [2.45, 2.75) is 12.1 Å². The van der Waals surface area contributed by atoms with Crippen molar-refractivity contribution < 1.29 is 51.4 Å². The molecule has 2 unspecified atom stereocenters. The van der Waals surface area contributed by atoms with E-state index in [1.165, 1.54) is 10.8 Å². The summed E-state index contributed by atoms with van der Waals surface area (Å²) in [7, 11) is -2.93. The second kappa shape index (κ2) is 15.2. The quantitative estimate of drug-likeness (QED) is 0.0476. The van der Waals surface area contributed by atoms with Gasteiger partial charge in [-0.3, -0.25) is 23.7 Å². The Balaban J connectivity index is 1.78. The molecule has 238 valence electrons. The number of β-lactam (4-membered cyclic amide) rings is 1. The van der Waals surface area contributed by atoms with E-state index in [0.29, 0.717) is 0 Å². The molecule has 0 radical (unpaired) electrons. The summed E-state index contributed by atoms with van der Waals surface area (Å²) in [6.07, 6.45) is 0. The fraction of sp³-hybridized carbons (Fsp3) is 0.350. The highest BCUT2D eigenvalue weighted by Gasteiger charge is 2.55. The molecule has 4 amide bonds. The van der Waals surface area contributed by atoms with Crippen LogP contribution in [0, 0.1) is 0 Å². The number of hydrogen-bond acceptors (Lipinski definition) is 16. The normalized spacial score (nSPS) is 16.9. The second-order valence-corrected chi connectivity index (χ2v) is 11.5. The third-order valence-electron chi connectivity index (χ3n) is 5.09. The molecule has 24 heteroatoms. The van der Waals surface area contributed by atoms with Gasteiger partial charge in [0.05, 0.1) is 0 Å². The number of thiazole rings is 2. The summed E-state index contributed by atoms with van der Waals surface area (Å²) in [5, 5.41) is 16.9. The maximum absolute atomic E-state index is 13.1. The molecule has 0 aliphatic carbocycles. The molecule has 4 N–H and O–H groups in total. The number of alkyl halides is 2. The summed E-state index contributed by atoms with van der Waals surface area (Å²) in [5.41, 5.74) is -1.17. The zero-order valence-electron chi connectivity index (χ0n) is 22.2. The van der Waals surface area contributed by atoms with Crippen LogP contribution in [0.4, 0.5) is 10.3 Å². The second-order valence-electron chi connectivity index (χ2n) is 7.91. The highest BCUT2D eigenvalue weighted by molar-refractivity contribution is 7.84. The minimum atomic E-state index is -5.16. The van der Waals surface area contributed by atoms with E-state index in [-0.39, 0.29) is 37.7 Å². The highest BCUT2D eigenvalue weighted by atomic mass is 35.5. The summed E-state index contributed by atoms with van der Waals surface area (Å²) < 4.78 is 38.4. The van der Waals surface area contributed by atoms with E-state index < -0.39 is 70.0 Å². The van der Waals surface area contributed by atoms with Gasteiger partial charge in [0.15, 0.2) is 16.0 Å². The van der Waals surface area contributed by atoms with E-state index in [4.69, 9.17) is 27.9 Å². The van der Waals surface area contributed by atoms with E-state index in [1.54, 1.807) is 0 Å². The predicted octanol–water partition coefficient (Wildman–Crippen LogP) is -0.603. The number of carbonyl (C=O) groups excluding carboxylic acids is 5. The maximum Gasteiger partial charge on any atom is 0.362 e. The van der Waals surface area contributed by atoms with Crippen molar-refractivity contribution in [1.29, 1.82) is 0 Å². The Morgan fingerprint density at radius 3 is 1.95 bits per heavy atom. The summed E-state index contributed by atoms with van der Waals surface area (Å²) in [6.45, 7) is -0.875. The van der Waals surface area contributed by atoms with Crippen molar-refractivity contribution in [3.8, 4) is 0 Å². The van der Waals surface area contributed by atoms with Crippen LogP contribution in [0.1, 0.15) is 11.4 Å². The number of carbonyl (C=O) groups is 5. The summed E-state index contributed by atoms with van der Waals surface area (Å²) in [6, 6.07) is -3.27. The van der Waals surface area contributed by atoms with E-state index in [0.717, 1.165) is 36.9 Å². The Bertz CT molecular complexity index is 1610. The van der Waals surface area contributed by atoms with Crippen molar-refractivity contribution in [2.75, 3.05) is 43.2 Å². The number of amides is 4. The lowest BCUT2D eigenvalue weighted by molar-refractivity contribution is -0.152. The highest BCUT2D eigenvalue weighted by Crippen LogP contribution is 2.25. The largest absolute Gasteiger partial charge is 0.458 e. The molecule has 0 saturated carbocycles. The van der Waals surface area contributed by atoms with Gasteiger partial charge in [0.1, 0.15) is 56.1 Å². The number of anilines is 2. The lowest BCUT2D eigenvalue weighted by Gasteiger charge is -2.43. The van der Waals surface area contributed by atoms with E-state index in [9.17, 15) is 36.9 Å². The smallest absolute Gasteiger partial charge is 0.362 e. The van der Waals surface area contributed by atoms with Crippen LogP contribution in [0.25, 0.3) is 0 Å². The molecule has 2 atom stereocenters. The molecule has 2 aromatic rings. The number of nitrogens with one attached hydrogen (secondary N) is 3. The topological polar surface area (TPSA) is 257 Å². The van der Waals surface area contributed by atoms with Gasteiger partial charge in [-0.1, -0.05) is 10.3 Å². The summed E-state index contributed by atoms with van der Waals surface area (Å²) in [5.74, 6) is -5.40. The number of aromatic nitrogens is 2. The van der Waals surface area contributed by atoms with Crippen molar-refractivity contribution in [2.24, 2.45) is 10.3 Å². The number of ether oxygens (including phenoxy) is 1. The van der Waals surface area contributed by atoms with Gasteiger partial charge in [0.2, 0.25) is 17.5 Å². The number of oxime groups is 2. The number of halogens is 2. The Kier molecular flexibility index (Phi) is 11.9. The molecule has 44 heavy (non-hydrogen) atoms. The van der Waals surface area contributed by atoms with Crippen LogP contribution in [0.15, 0.2) is 21.1 Å². The molecule has 0 aromatic carbocycles. The molecule has 3 heterocycles. The Hall–Kier alpha value is -3.96. The zero-order valence-corrected chi connectivity index (χ0v) is 26.1. The van der Waals surface area contributed by atoms with Crippen molar-refractivity contribution >= 4 is 107 Å². The van der Waals surface area contributed by atoms with Gasteiger partial charge in [0.25, 0.3) is 11.8 Å². The average molecular weight is 716 g/mol. The van der Waals surface area contributed by atoms with Crippen molar-refractivity contribution in [1.82, 2.24) is 19.6 Å². The van der Waals surface area contributed by atoms with Gasteiger partial charge in [0, 0.05) is 10.8 Å².